The van der Waals surface area contributed by atoms with Gasteiger partial charge in [-0.2, -0.15) is 0 Å². The Balaban J connectivity index is 1.24. The van der Waals surface area contributed by atoms with Gasteiger partial charge in [0.2, 0.25) is 0 Å². The highest BCUT2D eigenvalue weighted by Gasteiger charge is 2.39. The number of hydrogen-bond acceptors (Lipinski definition) is 3. The van der Waals surface area contributed by atoms with Crippen LogP contribution in [0.5, 0.6) is 0 Å². The van der Waals surface area contributed by atoms with Gasteiger partial charge in [0.15, 0.2) is 11.5 Å². The Kier molecular flexibility index (Phi) is 4.56. The van der Waals surface area contributed by atoms with Crippen molar-refractivity contribution in [1.29, 1.82) is 0 Å². The van der Waals surface area contributed by atoms with Crippen molar-refractivity contribution in [3.63, 3.8) is 0 Å². The number of benzene rings is 2. The van der Waals surface area contributed by atoms with Crippen LogP contribution >= 0.6 is 0 Å². The van der Waals surface area contributed by atoms with Crippen molar-refractivity contribution >= 4 is 17.4 Å². The minimum atomic E-state index is 0.108. The fourth-order valence-corrected chi connectivity index (χ4v) is 5.68. The fraction of sp³-hybridized carbons (Fsp3) is 0.250. The lowest BCUT2D eigenvalue weighted by atomic mass is 10.1. The third kappa shape index (κ3) is 3.17. The van der Waals surface area contributed by atoms with Crippen molar-refractivity contribution in [2.24, 2.45) is 0 Å². The zero-order valence-corrected chi connectivity index (χ0v) is 20.0. The number of fused-ring (bicyclic) bond motifs is 5. The third-order valence-electron chi connectivity index (χ3n) is 7.60. The van der Waals surface area contributed by atoms with Crippen LogP contribution in [-0.4, -0.2) is 69.2 Å². The molecular formula is C28H25N7O. The van der Waals surface area contributed by atoms with Gasteiger partial charge in [-0.15, -0.1) is 0 Å². The summed E-state index contributed by atoms with van der Waals surface area (Å²) in [7, 11) is 2.09. The Labute approximate surface area is 209 Å². The van der Waals surface area contributed by atoms with Gasteiger partial charge in [0, 0.05) is 62.6 Å². The Morgan fingerprint density at radius 2 is 1.86 bits per heavy atom. The molecule has 0 unspecified atom stereocenters. The van der Waals surface area contributed by atoms with Gasteiger partial charge in [-0.3, -0.25) is 9.47 Å². The molecule has 0 radical (unpaired) electrons. The van der Waals surface area contributed by atoms with E-state index in [9.17, 15) is 4.79 Å². The number of likely N-dealkylation sites (N-methyl/N-ethyl adjacent to an activating group) is 1. The monoisotopic (exact) mass is 475 g/mol. The minimum Gasteiger partial charge on any atom is -0.340 e. The van der Waals surface area contributed by atoms with E-state index in [2.05, 4.69) is 61.4 Å². The average molecular weight is 476 g/mol. The van der Waals surface area contributed by atoms with Gasteiger partial charge < -0.3 is 14.4 Å². The van der Waals surface area contributed by atoms with E-state index in [0.29, 0.717) is 24.8 Å². The molecule has 0 atom stereocenters. The van der Waals surface area contributed by atoms with Gasteiger partial charge in [0.05, 0.1) is 24.0 Å². The van der Waals surface area contributed by atoms with Gasteiger partial charge in [0.25, 0.3) is 0 Å². The van der Waals surface area contributed by atoms with Crippen LogP contribution in [0.1, 0.15) is 5.56 Å². The summed E-state index contributed by atoms with van der Waals surface area (Å²) in [6.45, 7) is 11.3. The summed E-state index contributed by atoms with van der Waals surface area (Å²) in [5, 5.41) is 0. The minimum absolute atomic E-state index is 0.108. The maximum atomic E-state index is 13.2. The number of carbonyl (C=O) groups is 1. The van der Waals surface area contributed by atoms with Crippen LogP contribution in [0.4, 0.5) is 16.2 Å². The van der Waals surface area contributed by atoms with Crippen LogP contribution in [-0.2, 0) is 6.54 Å². The van der Waals surface area contributed by atoms with Crippen LogP contribution in [0, 0.1) is 6.57 Å². The van der Waals surface area contributed by atoms with Gasteiger partial charge in [-0.25, -0.2) is 14.6 Å². The predicted molar refractivity (Wildman–Crippen MR) is 139 cm³/mol. The topological polar surface area (TPSA) is 53.9 Å². The van der Waals surface area contributed by atoms with E-state index < -0.39 is 0 Å². The lowest BCUT2D eigenvalue weighted by Crippen LogP contribution is -2.58. The number of aromatic nitrogens is 3. The normalized spacial score (nSPS) is 17.3. The van der Waals surface area contributed by atoms with Crippen LogP contribution in [0.15, 0.2) is 67.1 Å². The molecule has 2 saturated heterocycles. The summed E-state index contributed by atoms with van der Waals surface area (Å²) >= 11 is 0. The number of urea groups is 1. The summed E-state index contributed by atoms with van der Waals surface area (Å²) < 4.78 is 4.36. The summed E-state index contributed by atoms with van der Waals surface area (Å²) in [6.07, 6.45) is 5.98. The number of carbonyl (C=O) groups excluding carboxylic acids is 1. The molecule has 2 fully saturated rings. The molecule has 8 nitrogen and oxygen atoms in total. The molecule has 3 aliphatic rings. The number of nitrogens with zero attached hydrogens (tertiary/aromatic N) is 7. The van der Waals surface area contributed by atoms with Crippen molar-refractivity contribution in [2.45, 2.75) is 12.6 Å². The molecule has 0 aliphatic carbocycles. The Hall–Kier alpha value is -4.35. The van der Waals surface area contributed by atoms with E-state index in [1.165, 1.54) is 0 Å². The summed E-state index contributed by atoms with van der Waals surface area (Å²) in [6, 6.07) is 16.6. The van der Waals surface area contributed by atoms with Crippen LogP contribution < -0.4 is 4.90 Å². The highest BCUT2D eigenvalue weighted by Crippen LogP contribution is 2.36. The first-order valence-corrected chi connectivity index (χ1v) is 12.2. The van der Waals surface area contributed by atoms with E-state index in [1.54, 1.807) is 0 Å². The van der Waals surface area contributed by atoms with Gasteiger partial charge >= 0.3 is 6.03 Å². The van der Waals surface area contributed by atoms with Crippen molar-refractivity contribution in [2.75, 3.05) is 38.1 Å². The molecule has 0 N–H and O–H groups in total. The number of amides is 2. The number of likely N-dealkylation sites (tertiary alicyclic amines) is 1. The SMILES string of the molecule is [C-]#[N+]c1ccc(-c2cc3n(c2)Cc2cc(N4CCN(C5CN(C)C5)C4=O)ccc2-n2ccnc2-3)cc1. The Bertz CT molecular complexity index is 1530. The number of hydrogen-bond donors (Lipinski definition) is 0. The summed E-state index contributed by atoms with van der Waals surface area (Å²) in [4.78, 5) is 27.6. The molecule has 2 amide bonds. The van der Waals surface area contributed by atoms with Crippen molar-refractivity contribution in [3.8, 4) is 28.3 Å². The van der Waals surface area contributed by atoms with E-state index in [0.717, 1.165) is 59.2 Å². The van der Waals surface area contributed by atoms with Crippen molar-refractivity contribution in [3.05, 3.63) is 84.1 Å². The first-order valence-electron chi connectivity index (χ1n) is 12.2. The molecule has 3 aliphatic heterocycles. The van der Waals surface area contributed by atoms with Gasteiger partial charge in [-0.05, 0) is 42.4 Å². The molecule has 36 heavy (non-hydrogen) atoms. The molecule has 7 rings (SSSR count). The molecule has 2 aromatic heterocycles. The zero-order chi connectivity index (χ0) is 24.4. The first kappa shape index (κ1) is 21.0. The van der Waals surface area contributed by atoms with Crippen LogP contribution in [0.3, 0.4) is 0 Å². The molecule has 0 saturated carbocycles. The number of anilines is 1. The highest BCUT2D eigenvalue weighted by atomic mass is 16.2. The molecule has 178 valence electrons. The van der Waals surface area contributed by atoms with E-state index in [4.69, 9.17) is 6.57 Å². The molecule has 0 spiro atoms. The fourth-order valence-electron chi connectivity index (χ4n) is 5.68. The van der Waals surface area contributed by atoms with E-state index in [1.807, 2.05) is 46.5 Å². The molecule has 8 heteroatoms. The third-order valence-corrected chi connectivity index (χ3v) is 7.60. The average Bonchev–Trinajstić information content (AvgIpc) is 3.59. The molecule has 2 aromatic carbocycles. The molecular weight excluding hydrogens is 450 g/mol. The lowest BCUT2D eigenvalue weighted by molar-refractivity contribution is 0.0871. The molecule has 0 bridgehead atoms. The maximum Gasteiger partial charge on any atom is 0.324 e. The van der Waals surface area contributed by atoms with Crippen molar-refractivity contribution in [1.82, 2.24) is 23.9 Å². The standard InChI is InChI=1S/C28H25N7O/c1-29-22-5-3-19(4-6-22)20-14-26-27-30-9-10-35(27)25-8-7-23(13-21(25)16-32(26)15-20)33-11-12-34(28(33)36)24-17-31(2)18-24/h3-10,13-15,24H,11-12,16-18H2,2H3. The smallest absolute Gasteiger partial charge is 0.324 e. The number of rotatable bonds is 3. The quantitative estimate of drug-likeness (QED) is 0.362. The van der Waals surface area contributed by atoms with E-state index >= 15 is 0 Å². The molecule has 5 heterocycles. The van der Waals surface area contributed by atoms with E-state index in [-0.39, 0.29) is 6.03 Å². The first-order chi connectivity index (χ1) is 17.6. The lowest BCUT2D eigenvalue weighted by Gasteiger charge is -2.41. The van der Waals surface area contributed by atoms with Crippen LogP contribution in [0.25, 0.3) is 33.2 Å². The summed E-state index contributed by atoms with van der Waals surface area (Å²) in [5.41, 5.74) is 7.01. The summed E-state index contributed by atoms with van der Waals surface area (Å²) in [5.74, 6) is 0.892. The van der Waals surface area contributed by atoms with Gasteiger partial charge in [-0.1, -0.05) is 24.3 Å². The second kappa shape index (κ2) is 7.83. The highest BCUT2D eigenvalue weighted by molar-refractivity contribution is 5.94. The second-order valence-corrected chi connectivity index (χ2v) is 9.84. The second-order valence-electron chi connectivity index (χ2n) is 9.84. The Morgan fingerprint density at radius 1 is 1.03 bits per heavy atom. The largest absolute Gasteiger partial charge is 0.340 e. The predicted octanol–water partition coefficient (Wildman–Crippen LogP) is 4.48. The van der Waals surface area contributed by atoms with Crippen LogP contribution in [0.2, 0.25) is 0 Å². The molecule has 4 aromatic rings. The van der Waals surface area contributed by atoms with Gasteiger partial charge in [0.1, 0.15) is 0 Å². The number of imidazole rings is 1. The van der Waals surface area contributed by atoms with Crippen molar-refractivity contribution < 1.29 is 4.79 Å². The Morgan fingerprint density at radius 3 is 2.64 bits per heavy atom. The maximum absolute atomic E-state index is 13.2. The zero-order valence-electron chi connectivity index (χ0n) is 20.0.